The van der Waals surface area contributed by atoms with Crippen LogP contribution >= 0.6 is 0 Å². The van der Waals surface area contributed by atoms with Crippen molar-refractivity contribution in [3.63, 3.8) is 0 Å². The van der Waals surface area contributed by atoms with Gasteiger partial charge in [0.2, 0.25) is 0 Å². The molecule has 0 spiro atoms. The summed E-state index contributed by atoms with van der Waals surface area (Å²) in [6.07, 6.45) is 0.899. The zero-order valence-electron chi connectivity index (χ0n) is 19.1. The van der Waals surface area contributed by atoms with E-state index in [0.717, 1.165) is 48.5 Å². The molecule has 1 heterocycles. The summed E-state index contributed by atoms with van der Waals surface area (Å²) >= 11 is 0. The second-order valence-electron chi connectivity index (χ2n) is 7.80. The minimum absolute atomic E-state index is 0.0825. The third-order valence-electron chi connectivity index (χ3n) is 4.70. The molecule has 1 unspecified atom stereocenters. The molecular formula is C22H36N6O2. The zero-order valence-corrected chi connectivity index (χ0v) is 19.1. The number of hydrogen-bond donors (Lipinski definition) is 2. The number of aliphatic imine (C=N–C) groups is 1. The number of aryl methyl sites for hydroxylation is 1. The predicted octanol–water partition coefficient (Wildman–Crippen LogP) is 2.99. The van der Waals surface area contributed by atoms with Crippen molar-refractivity contribution in [2.45, 2.75) is 46.7 Å². The van der Waals surface area contributed by atoms with Gasteiger partial charge < -0.3 is 24.7 Å². The van der Waals surface area contributed by atoms with Crippen molar-refractivity contribution in [1.29, 1.82) is 0 Å². The van der Waals surface area contributed by atoms with E-state index in [1.165, 1.54) is 0 Å². The van der Waals surface area contributed by atoms with Crippen LogP contribution in [0.4, 0.5) is 0 Å². The molecule has 166 valence electrons. The summed E-state index contributed by atoms with van der Waals surface area (Å²) in [7, 11) is 3.66. The Morgan fingerprint density at radius 3 is 2.50 bits per heavy atom. The largest absolute Gasteiger partial charge is 0.493 e. The van der Waals surface area contributed by atoms with Crippen LogP contribution in [0.3, 0.4) is 0 Å². The van der Waals surface area contributed by atoms with E-state index in [0.29, 0.717) is 19.1 Å². The molecule has 0 bridgehead atoms. The third kappa shape index (κ3) is 7.67. The lowest BCUT2D eigenvalue weighted by Gasteiger charge is -2.19. The highest BCUT2D eigenvalue weighted by Gasteiger charge is 2.10. The van der Waals surface area contributed by atoms with E-state index in [9.17, 15) is 0 Å². The molecule has 0 saturated carbocycles. The van der Waals surface area contributed by atoms with Gasteiger partial charge in [-0.1, -0.05) is 26.0 Å². The number of hydrogen-bond acceptors (Lipinski definition) is 5. The number of rotatable bonds is 11. The smallest absolute Gasteiger partial charge is 0.192 e. The summed E-state index contributed by atoms with van der Waals surface area (Å²) in [5.74, 6) is 3.83. The lowest BCUT2D eigenvalue weighted by molar-refractivity contribution is 0.195. The standard InChI is InChI=1S/C22H36N6O2/c1-16(2)15-30-20-10-8-19(9-11-20)17(3)25-22(23-12-7-13-29-6)24-14-21-27-26-18(4)28(21)5/h8-11,16-17H,7,12-15H2,1-6H3,(H2,23,24,25). The van der Waals surface area contributed by atoms with E-state index in [1.54, 1.807) is 7.11 Å². The minimum Gasteiger partial charge on any atom is -0.493 e. The van der Waals surface area contributed by atoms with E-state index in [1.807, 2.05) is 30.7 Å². The highest BCUT2D eigenvalue weighted by atomic mass is 16.5. The molecule has 0 aliphatic rings. The van der Waals surface area contributed by atoms with Gasteiger partial charge in [-0.3, -0.25) is 0 Å². The Balaban J connectivity index is 2.02. The molecule has 0 amide bonds. The molecule has 0 aliphatic carbocycles. The molecule has 2 rings (SSSR count). The topological polar surface area (TPSA) is 85.6 Å². The number of ether oxygens (including phenoxy) is 2. The normalized spacial score (nSPS) is 12.8. The highest BCUT2D eigenvalue weighted by Crippen LogP contribution is 2.18. The second kappa shape index (κ2) is 12.2. The quantitative estimate of drug-likeness (QED) is 0.333. The van der Waals surface area contributed by atoms with E-state index < -0.39 is 0 Å². The number of aromatic nitrogens is 3. The Bertz CT molecular complexity index is 785. The van der Waals surface area contributed by atoms with E-state index in [2.05, 4.69) is 53.7 Å². The maximum atomic E-state index is 5.78. The van der Waals surface area contributed by atoms with Crippen LogP contribution in [0.5, 0.6) is 5.75 Å². The fourth-order valence-corrected chi connectivity index (χ4v) is 2.72. The molecule has 1 aromatic heterocycles. The maximum absolute atomic E-state index is 5.78. The van der Waals surface area contributed by atoms with Gasteiger partial charge >= 0.3 is 0 Å². The molecule has 1 atom stereocenters. The van der Waals surface area contributed by atoms with Gasteiger partial charge in [-0.2, -0.15) is 0 Å². The van der Waals surface area contributed by atoms with E-state index in [-0.39, 0.29) is 6.04 Å². The van der Waals surface area contributed by atoms with Crippen LogP contribution in [-0.4, -0.2) is 47.6 Å². The van der Waals surface area contributed by atoms with Gasteiger partial charge in [0.1, 0.15) is 18.1 Å². The Morgan fingerprint density at radius 2 is 1.90 bits per heavy atom. The van der Waals surface area contributed by atoms with Gasteiger partial charge in [-0.25, -0.2) is 4.99 Å². The van der Waals surface area contributed by atoms with Gasteiger partial charge in [-0.05, 0) is 43.9 Å². The molecule has 0 fully saturated rings. The van der Waals surface area contributed by atoms with Crippen molar-refractivity contribution >= 4 is 5.96 Å². The summed E-state index contributed by atoms with van der Waals surface area (Å²) in [5.41, 5.74) is 1.16. The minimum atomic E-state index is 0.0825. The summed E-state index contributed by atoms with van der Waals surface area (Å²) < 4.78 is 12.9. The first kappa shape index (κ1) is 23.7. The average Bonchev–Trinajstić information content (AvgIpc) is 3.05. The summed E-state index contributed by atoms with van der Waals surface area (Å²) in [4.78, 5) is 4.70. The van der Waals surface area contributed by atoms with Gasteiger partial charge in [-0.15, -0.1) is 10.2 Å². The van der Waals surface area contributed by atoms with Crippen LogP contribution in [0.2, 0.25) is 0 Å². The van der Waals surface area contributed by atoms with Crippen molar-refractivity contribution in [1.82, 2.24) is 25.4 Å². The van der Waals surface area contributed by atoms with Crippen LogP contribution < -0.4 is 15.4 Å². The zero-order chi connectivity index (χ0) is 21.9. The first-order chi connectivity index (χ1) is 14.4. The number of methoxy groups -OCH3 is 1. The third-order valence-corrected chi connectivity index (χ3v) is 4.70. The predicted molar refractivity (Wildman–Crippen MR) is 120 cm³/mol. The average molecular weight is 417 g/mol. The Labute approximate surface area is 180 Å². The number of nitrogens with zero attached hydrogens (tertiary/aromatic N) is 4. The number of guanidine groups is 1. The molecule has 30 heavy (non-hydrogen) atoms. The fourth-order valence-electron chi connectivity index (χ4n) is 2.72. The molecule has 2 aromatic rings. The second-order valence-corrected chi connectivity index (χ2v) is 7.80. The molecular weight excluding hydrogens is 380 g/mol. The molecule has 2 N–H and O–H groups in total. The van der Waals surface area contributed by atoms with Crippen LogP contribution in [0.1, 0.15) is 50.4 Å². The van der Waals surface area contributed by atoms with Crippen molar-refractivity contribution in [3.8, 4) is 5.75 Å². The molecule has 1 aromatic carbocycles. The SMILES string of the molecule is COCCCNC(=NCc1nnc(C)n1C)NC(C)c1ccc(OCC(C)C)cc1. The Hall–Kier alpha value is -2.61. The van der Waals surface area contributed by atoms with E-state index in [4.69, 9.17) is 14.5 Å². The number of nitrogens with one attached hydrogen (secondary N) is 2. The lowest BCUT2D eigenvalue weighted by Crippen LogP contribution is -2.39. The van der Waals surface area contributed by atoms with E-state index >= 15 is 0 Å². The van der Waals surface area contributed by atoms with Gasteiger partial charge in [0.25, 0.3) is 0 Å². The van der Waals surface area contributed by atoms with Crippen molar-refractivity contribution in [2.75, 3.05) is 26.9 Å². The first-order valence-electron chi connectivity index (χ1n) is 10.5. The molecule has 8 nitrogen and oxygen atoms in total. The van der Waals surface area contributed by atoms with Crippen molar-refractivity contribution in [2.24, 2.45) is 18.0 Å². The Morgan fingerprint density at radius 1 is 1.17 bits per heavy atom. The Kier molecular flexibility index (Phi) is 9.60. The molecule has 0 aliphatic heterocycles. The summed E-state index contributed by atoms with van der Waals surface area (Å²) in [5, 5.41) is 15.1. The van der Waals surface area contributed by atoms with Gasteiger partial charge in [0, 0.05) is 27.3 Å². The number of benzene rings is 1. The fraction of sp³-hybridized carbons (Fsp3) is 0.591. The summed E-state index contributed by atoms with van der Waals surface area (Å²) in [6.45, 7) is 11.0. The molecule has 0 radical (unpaired) electrons. The van der Waals surface area contributed by atoms with Crippen LogP contribution in [0.15, 0.2) is 29.3 Å². The van der Waals surface area contributed by atoms with Crippen LogP contribution in [-0.2, 0) is 18.3 Å². The van der Waals surface area contributed by atoms with Gasteiger partial charge in [0.05, 0.1) is 12.6 Å². The highest BCUT2D eigenvalue weighted by molar-refractivity contribution is 5.80. The molecule has 0 saturated heterocycles. The lowest BCUT2D eigenvalue weighted by atomic mass is 10.1. The maximum Gasteiger partial charge on any atom is 0.192 e. The van der Waals surface area contributed by atoms with Crippen molar-refractivity contribution in [3.05, 3.63) is 41.5 Å². The van der Waals surface area contributed by atoms with Gasteiger partial charge in [0.15, 0.2) is 11.8 Å². The summed E-state index contributed by atoms with van der Waals surface area (Å²) in [6, 6.07) is 8.28. The van der Waals surface area contributed by atoms with Crippen molar-refractivity contribution < 1.29 is 9.47 Å². The molecule has 8 heteroatoms. The van der Waals surface area contributed by atoms with Crippen LogP contribution in [0.25, 0.3) is 0 Å². The van der Waals surface area contributed by atoms with Crippen LogP contribution in [0, 0.1) is 12.8 Å². The first-order valence-corrected chi connectivity index (χ1v) is 10.5. The monoisotopic (exact) mass is 416 g/mol.